The van der Waals surface area contributed by atoms with E-state index in [0.717, 1.165) is 17.2 Å². The van der Waals surface area contributed by atoms with Crippen molar-refractivity contribution in [2.45, 2.75) is 44.8 Å². The largest absolute Gasteiger partial charge is 0.417 e. The highest BCUT2D eigenvalue weighted by Gasteiger charge is 2.49. The fourth-order valence-electron chi connectivity index (χ4n) is 5.22. The molecule has 4 rings (SSSR count). The number of amides is 2. The Morgan fingerprint density at radius 3 is 2.37 bits per heavy atom. The molecule has 0 aliphatic carbocycles. The summed E-state index contributed by atoms with van der Waals surface area (Å²) in [4.78, 5) is 28.7. The molecule has 2 aromatic carbocycles. The quantitative estimate of drug-likeness (QED) is 0.715. The molecule has 0 saturated carbocycles. The van der Waals surface area contributed by atoms with E-state index in [9.17, 15) is 22.8 Å². The van der Waals surface area contributed by atoms with Crippen molar-refractivity contribution in [1.82, 2.24) is 4.90 Å². The fourth-order valence-corrected chi connectivity index (χ4v) is 5.22. The predicted octanol–water partition coefficient (Wildman–Crippen LogP) is 3.80. The Labute approximate surface area is 202 Å². The van der Waals surface area contributed by atoms with Crippen molar-refractivity contribution < 1.29 is 22.8 Å². The van der Waals surface area contributed by atoms with Crippen molar-refractivity contribution >= 4 is 17.5 Å². The van der Waals surface area contributed by atoms with Gasteiger partial charge in [-0.15, -0.1) is 0 Å². The van der Waals surface area contributed by atoms with Gasteiger partial charge in [0.1, 0.15) is 6.04 Å². The number of carbonyl (C=O) groups is 2. The average molecular weight is 485 g/mol. The number of likely N-dealkylation sites (tertiary alicyclic amines) is 1. The number of nitrogens with two attached hydrogens (primary N) is 1. The molecule has 0 bridgehead atoms. The van der Waals surface area contributed by atoms with E-state index in [2.05, 4.69) is 0 Å². The highest BCUT2D eigenvalue weighted by atomic mass is 19.4. The summed E-state index contributed by atoms with van der Waals surface area (Å²) in [6.07, 6.45) is -2.75. The second kappa shape index (κ2) is 9.25. The number of nitriles is 1. The molecule has 1 unspecified atom stereocenters. The van der Waals surface area contributed by atoms with Gasteiger partial charge in [-0.2, -0.15) is 18.4 Å². The van der Waals surface area contributed by atoms with Gasteiger partial charge in [0.15, 0.2) is 0 Å². The number of piperidine rings is 1. The summed E-state index contributed by atoms with van der Waals surface area (Å²) in [6.45, 7) is 3.33. The highest BCUT2D eigenvalue weighted by molar-refractivity contribution is 5.88. The Kier molecular flexibility index (Phi) is 6.50. The summed E-state index contributed by atoms with van der Waals surface area (Å²) in [5, 5.41) is 9.03. The Bertz CT molecular complexity index is 1160. The molecule has 0 radical (unpaired) electrons. The maximum atomic E-state index is 13.4. The van der Waals surface area contributed by atoms with Crippen LogP contribution < -0.4 is 10.6 Å². The zero-order valence-electron chi connectivity index (χ0n) is 19.4. The monoisotopic (exact) mass is 484 g/mol. The third kappa shape index (κ3) is 5.11. The van der Waals surface area contributed by atoms with Crippen molar-refractivity contribution in [2.75, 3.05) is 24.5 Å². The lowest BCUT2D eigenvalue weighted by Crippen LogP contribution is -2.45. The van der Waals surface area contributed by atoms with E-state index in [1.54, 1.807) is 11.0 Å². The summed E-state index contributed by atoms with van der Waals surface area (Å²) < 4.78 is 40.2. The van der Waals surface area contributed by atoms with Crippen LogP contribution in [0.5, 0.6) is 0 Å². The van der Waals surface area contributed by atoms with Crippen molar-refractivity contribution in [1.29, 1.82) is 5.26 Å². The van der Waals surface area contributed by atoms with Crippen molar-refractivity contribution in [3.63, 3.8) is 0 Å². The van der Waals surface area contributed by atoms with E-state index in [0.29, 0.717) is 44.6 Å². The Balaban J connectivity index is 1.47. The van der Waals surface area contributed by atoms with Gasteiger partial charge in [-0.1, -0.05) is 29.8 Å². The summed E-state index contributed by atoms with van der Waals surface area (Å²) >= 11 is 0. The van der Waals surface area contributed by atoms with Crippen molar-refractivity contribution in [3.8, 4) is 6.07 Å². The molecule has 2 amide bonds. The van der Waals surface area contributed by atoms with E-state index < -0.39 is 29.3 Å². The van der Waals surface area contributed by atoms with Gasteiger partial charge in [-0.25, -0.2) is 0 Å². The molecule has 2 aliphatic heterocycles. The first kappa shape index (κ1) is 24.6. The molecule has 2 aliphatic rings. The molecule has 2 fully saturated rings. The van der Waals surface area contributed by atoms with Crippen LogP contribution in [-0.4, -0.2) is 42.4 Å². The molecule has 1 atom stereocenters. The van der Waals surface area contributed by atoms with Crippen LogP contribution in [0.25, 0.3) is 0 Å². The molecular weight excluding hydrogens is 457 g/mol. The van der Waals surface area contributed by atoms with Crippen LogP contribution in [0.15, 0.2) is 42.5 Å². The Morgan fingerprint density at radius 2 is 1.80 bits per heavy atom. The minimum absolute atomic E-state index is 0.154. The summed E-state index contributed by atoms with van der Waals surface area (Å²) in [7, 11) is 0. The predicted molar refractivity (Wildman–Crippen MR) is 124 cm³/mol. The van der Waals surface area contributed by atoms with Gasteiger partial charge < -0.3 is 15.5 Å². The van der Waals surface area contributed by atoms with Crippen molar-refractivity contribution in [2.24, 2.45) is 11.1 Å². The average Bonchev–Trinajstić information content (AvgIpc) is 3.20. The summed E-state index contributed by atoms with van der Waals surface area (Å²) in [5.41, 5.74) is 6.36. The Hall–Kier alpha value is -3.54. The molecule has 9 heteroatoms. The van der Waals surface area contributed by atoms with Crippen LogP contribution in [0.4, 0.5) is 18.9 Å². The molecular formula is C26H27F3N4O2. The van der Waals surface area contributed by atoms with Gasteiger partial charge in [-0.3, -0.25) is 9.59 Å². The minimum atomic E-state index is -4.61. The molecule has 0 aromatic heterocycles. The number of hydrogen-bond acceptors (Lipinski definition) is 4. The van der Waals surface area contributed by atoms with E-state index >= 15 is 0 Å². The van der Waals surface area contributed by atoms with Gasteiger partial charge in [0.05, 0.1) is 23.6 Å². The zero-order valence-corrected chi connectivity index (χ0v) is 19.4. The van der Waals surface area contributed by atoms with Gasteiger partial charge in [0, 0.05) is 25.3 Å². The van der Waals surface area contributed by atoms with Crippen LogP contribution in [-0.2, 0) is 22.2 Å². The van der Waals surface area contributed by atoms with E-state index in [1.165, 1.54) is 12.1 Å². The maximum absolute atomic E-state index is 13.4. The van der Waals surface area contributed by atoms with E-state index in [1.807, 2.05) is 36.1 Å². The first-order valence-electron chi connectivity index (χ1n) is 11.5. The number of rotatable bonds is 4. The number of benzene rings is 2. The molecule has 2 heterocycles. The van der Waals surface area contributed by atoms with Gasteiger partial charge in [0.25, 0.3) is 0 Å². The SMILES string of the molecule is Cc1ccc(CC(=O)N2CC3(CCN(c4ccc(C#N)c(C(F)(F)F)c4)CC3)CC2C(N)=O)cc1. The van der Waals surface area contributed by atoms with Crippen LogP contribution in [0, 0.1) is 23.7 Å². The molecule has 2 saturated heterocycles. The second-order valence-electron chi connectivity index (χ2n) is 9.63. The van der Waals surface area contributed by atoms with Crippen LogP contribution in [0.2, 0.25) is 0 Å². The number of alkyl halides is 3. The smallest absolute Gasteiger partial charge is 0.371 e. The number of primary amides is 1. The summed E-state index contributed by atoms with van der Waals surface area (Å²) in [6, 6.07) is 12.3. The van der Waals surface area contributed by atoms with Crippen LogP contribution in [0.1, 0.15) is 41.5 Å². The molecule has 35 heavy (non-hydrogen) atoms. The highest BCUT2D eigenvalue weighted by Crippen LogP contribution is 2.45. The summed E-state index contributed by atoms with van der Waals surface area (Å²) in [5.74, 6) is -0.692. The third-order valence-corrected chi connectivity index (χ3v) is 7.25. The van der Waals surface area contributed by atoms with E-state index in [-0.39, 0.29) is 17.7 Å². The number of carbonyl (C=O) groups excluding carboxylic acids is 2. The van der Waals surface area contributed by atoms with Crippen LogP contribution in [0.3, 0.4) is 0 Å². The molecule has 184 valence electrons. The molecule has 1 spiro atoms. The standard InChI is InChI=1S/C26H27F3N4O2/c1-17-2-4-18(5-3-17)12-23(34)33-16-25(14-22(33)24(31)35)8-10-32(11-9-25)20-7-6-19(15-30)21(13-20)26(27,28)29/h2-7,13,22H,8-12,14,16H2,1H3,(H2,31,35). The number of halogens is 3. The van der Waals surface area contributed by atoms with E-state index in [4.69, 9.17) is 11.0 Å². The van der Waals surface area contributed by atoms with Gasteiger partial charge >= 0.3 is 6.18 Å². The molecule has 2 aromatic rings. The zero-order chi connectivity index (χ0) is 25.4. The second-order valence-corrected chi connectivity index (χ2v) is 9.63. The number of nitrogens with zero attached hydrogens (tertiary/aromatic N) is 3. The Morgan fingerprint density at radius 1 is 1.14 bits per heavy atom. The number of anilines is 1. The molecule has 6 nitrogen and oxygen atoms in total. The van der Waals surface area contributed by atoms with Crippen molar-refractivity contribution in [3.05, 3.63) is 64.7 Å². The lowest BCUT2D eigenvalue weighted by Gasteiger charge is -2.40. The first-order valence-corrected chi connectivity index (χ1v) is 11.5. The third-order valence-electron chi connectivity index (χ3n) is 7.25. The maximum Gasteiger partial charge on any atom is 0.417 e. The molecule has 2 N–H and O–H groups in total. The fraction of sp³-hybridized carbons (Fsp3) is 0.423. The minimum Gasteiger partial charge on any atom is -0.371 e. The number of hydrogen-bond donors (Lipinski definition) is 1. The lowest BCUT2D eigenvalue weighted by atomic mass is 9.76. The van der Waals surface area contributed by atoms with Gasteiger partial charge in [-0.05, 0) is 55.4 Å². The van der Waals surface area contributed by atoms with Gasteiger partial charge in [0.2, 0.25) is 11.8 Å². The number of aryl methyl sites for hydroxylation is 1. The topological polar surface area (TPSA) is 90.4 Å². The first-order chi connectivity index (χ1) is 16.5. The lowest BCUT2D eigenvalue weighted by molar-refractivity contribution is -0.137. The van der Waals surface area contributed by atoms with Crippen LogP contribution >= 0.6 is 0 Å². The normalized spacial score (nSPS) is 19.6.